The molecule has 0 aliphatic heterocycles. The van der Waals surface area contributed by atoms with Gasteiger partial charge in [0.1, 0.15) is 5.58 Å². The Bertz CT molecular complexity index is 527. The van der Waals surface area contributed by atoms with Gasteiger partial charge in [0.2, 0.25) is 0 Å². The van der Waals surface area contributed by atoms with Gasteiger partial charge in [0.25, 0.3) is 5.91 Å². The molecule has 2 aromatic rings. The summed E-state index contributed by atoms with van der Waals surface area (Å²) in [5, 5.41) is 3.92. The van der Waals surface area contributed by atoms with Crippen LogP contribution in [0.2, 0.25) is 0 Å². The van der Waals surface area contributed by atoms with Crippen molar-refractivity contribution in [2.24, 2.45) is 11.7 Å². The third kappa shape index (κ3) is 3.15. The molecule has 1 atom stereocenters. The minimum atomic E-state index is -0.177. The van der Waals surface area contributed by atoms with Crippen LogP contribution in [0.5, 0.6) is 0 Å². The average Bonchev–Trinajstić information content (AvgIpc) is 2.81. The lowest BCUT2D eigenvalue weighted by Crippen LogP contribution is -2.39. The molecule has 0 spiro atoms. The molecule has 1 amide bonds. The molecule has 1 unspecified atom stereocenters. The second-order valence-corrected chi connectivity index (χ2v) is 5.05. The highest BCUT2D eigenvalue weighted by Crippen LogP contribution is 2.19. The van der Waals surface area contributed by atoms with E-state index >= 15 is 0 Å². The van der Waals surface area contributed by atoms with E-state index in [0.29, 0.717) is 18.2 Å². The van der Waals surface area contributed by atoms with Crippen LogP contribution < -0.4 is 11.1 Å². The Morgan fingerprint density at radius 3 is 2.74 bits per heavy atom. The van der Waals surface area contributed by atoms with Gasteiger partial charge >= 0.3 is 0 Å². The summed E-state index contributed by atoms with van der Waals surface area (Å²) in [6, 6.07) is 9.43. The lowest BCUT2D eigenvalue weighted by Gasteiger charge is -2.20. The molecule has 3 N–H and O–H groups in total. The van der Waals surface area contributed by atoms with Crippen LogP contribution in [0.25, 0.3) is 11.0 Å². The van der Waals surface area contributed by atoms with E-state index in [1.165, 1.54) is 0 Å². The fraction of sp³-hybridized carbons (Fsp3) is 0.400. The Hall–Kier alpha value is -1.81. The van der Waals surface area contributed by atoms with Crippen molar-refractivity contribution in [3.63, 3.8) is 0 Å². The monoisotopic (exact) mass is 260 g/mol. The maximum absolute atomic E-state index is 12.2. The minimum absolute atomic E-state index is 0.0747. The largest absolute Gasteiger partial charge is 0.451 e. The van der Waals surface area contributed by atoms with E-state index in [0.717, 1.165) is 17.4 Å². The number of rotatable bonds is 5. The third-order valence-electron chi connectivity index (χ3n) is 3.25. The number of amides is 1. The number of para-hydroxylation sites is 1. The third-order valence-corrected chi connectivity index (χ3v) is 3.25. The van der Waals surface area contributed by atoms with Crippen LogP contribution >= 0.6 is 0 Å². The maximum atomic E-state index is 12.2. The number of fused-ring (bicyclic) bond motifs is 1. The molecule has 0 saturated carbocycles. The Balaban J connectivity index is 2.14. The number of carbonyl (C=O) groups is 1. The second-order valence-electron chi connectivity index (χ2n) is 5.05. The summed E-state index contributed by atoms with van der Waals surface area (Å²) < 4.78 is 5.55. The zero-order valence-electron chi connectivity index (χ0n) is 11.3. The molecule has 1 aromatic heterocycles. The highest BCUT2D eigenvalue weighted by atomic mass is 16.3. The molecular weight excluding hydrogens is 240 g/mol. The van der Waals surface area contributed by atoms with Gasteiger partial charge in [-0.2, -0.15) is 0 Å². The van der Waals surface area contributed by atoms with Crippen LogP contribution in [0, 0.1) is 5.92 Å². The van der Waals surface area contributed by atoms with Crippen LogP contribution in [-0.2, 0) is 0 Å². The molecular formula is C15H20N2O2. The quantitative estimate of drug-likeness (QED) is 0.868. The molecule has 4 heteroatoms. The molecule has 0 fully saturated rings. The number of furan rings is 1. The summed E-state index contributed by atoms with van der Waals surface area (Å²) in [4.78, 5) is 12.2. The van der Waals surface area contributed by atoms with Crippen LogP contribution in [0.15, 0.2) is 34.7 Å². The highest BCUT2D eigenvalue weighted by Gasteiger charge is 2.18. The molecule has 0 bridgehead atoms. The number of carbonyl (C=O) groups excluding carboxylic acids is 1. The predicted octanol–water partition coefficient (Wildman–Crippen LogP) is 2.54. The molecule has 4 nitrogen and oxygen atoms in total. The van der Waals surface area contributed by atoms with Crippen molar-refractivity contribution in [1.82, 2.24) is 5.32 Å². The van der Waals surface area contributed by atoms with Crippen molar-refractivity contribution in [3.8, 4) is 0 Å². The van der Waals surface area contributed by atoms with E-state index < -0.39 is 0 Å². The summed E-state index contributed by atoms with van der Waals surface area (Å²) in [5.74, 6) is 0.518. The first-order chi connectivity index (χ1) is 9.11. The molecule has 2 rings (SSSR count). The molecule has 19 heavy (non-hydrogen) atoms. The van der Waals surface area contributed by atoms with Crippen LogP contribution in [0.1, 0.15) is 30.8 Å². The first kappa shape index (κ1) is 13.6. The standard InChI is InChI=1S/C15H20N2O2/c1-10(2)12(7-8-16)17-15(18)14-9-11-5-3-4-6-13(11)19-14/h3-6,9-10,12H,7-8,16H2,1-2H3,(H,17,18). The Kier molecular flexibility index (Phi) is 4.22. The number of hydrogen-bond donors (Lipinski definition) is 2. The van der Waals surface area contributed by atoms with Gasteiger partial charge in [-0.15, -0.1) is 0 Å². The Morgan fingerprint density at radius 1 is 1.37 bits per heavy atom. The van der Waals surface area contributed by atoms with Gasteiger partial charge in [0, 0.05) is 11.4 Å². The topological polar surface area (TPSA) is 68.3 Å². The fourth-order valence-corrected chi connectivity index (χ4v) is 2.09. The van der Waals surface area contributed by atoms with E-state index in [4.69, 9.17) is 10.2 Å². The van der Waals surface area contributed by atoms with Crippen LogP contribution in [0.4, 0.5) is 0 Å². The number of hydrogen-bond acceptors (Lipinski definition) is 3. The minimum Gasteiger partial charge on any atom is -0.451 e. The van der Waals surface area contributed by atoms with Crippen molar-refractivity contribution < 1.29 is 9.21 Å². The smallest absolute Gasteiger partial charge is 0.287 e. The van der Waals surface area contributed by atoms with Gasteiger partial charge in [-0.1, -0.05) is 32.0 Å². The SMILES string of the molecule is CC(C)C(CCN)NC(=O)c1cc2ccccc2o1. The van der Waals surface area contributed by atoms with Gasteiger partial charge in [0.05, 0.1) is 0 Å². The summed E-state index contributed by atoms with van der Waals surface area (Å²) in [7, 11) is 0. The first-order valence-electron chi connectivity index (χ1n) is 6.61. The molecule has 1 heterocycles. The number of nitrogens with one attached hydrogen (secondary N) is 1. The van der Waals surface area contributed by atoms with Crippen LogP contribution in [-0.4, -0.2) is 18.5 Å². The molecule has 1 aromatic carbocycles. The van der Waals surface area contributed by atoms with E-state index in [-0.39, 0.29) is 11.9 Å². The molecule has 0 radical (unpaired) electrons. The first-order valence-corrected chi connectivity index (χ1v) is 6.61. The lowest BCUT2D eigenvalue weighted by atomic mass is 10.0. The summed E-state index contributed by atoms with van der Waals surface area (Å²) >= 11 is 0. The number of nitrogens with two attached hydrogens (primary N) is 1. The van der Waals surface area contributed by atoms with Gasteiger partial charge in [-0.05, 0) is 31.0 Å². The lowest BCUT2D eigenvalue weighted by molar-refractivity contribution is 0.0898. The van der Waals surface area contributed by atoms with Gasteiger partial charge in [-0.3, -0.25) is 4.79 Å². The molecule has 0 aliphatic rings. The molecule has 0 saturated heterocycles. The zero-order valence-corrected chi connectivity index (χ0v) is 11.3. The highest BCUT2D eigenvalue weighted by molar-refractivity contribution is 5.96. The molecule has 0 aliphatic carbocycles. The fourth-order valence-electron chi connectivity index (χ4n) is 2.09. The molecule has 102 valence electrons. The van der Waals surface area contributed by atoms with Gasteiger partial charge < -0.3 is 15.5 Å². The number of benzene rings is 1. The van der Waals surface area contributed by atoms with E-state index in [1.54, 1.807) is 6.07 Å². The average molecular weight is 260 g/mol. The predicted molar refractivity (Wildman–Crippen MR) is 76.0 cm³/mol. The Morgan fingerprint density at radius 2 is 2.11 bits per heavy atom. The maximum Gasteiger partial charge on any atom is 0.287 e. The van der Waals surface area contributed by atoms with Crippen molar-refractivity contribution in [2.45, 2.75) is 26.3 Å². The van der Waals surface area contributed by atoms with Crippen molar-refractivity contribution in [1.29, 1.82) is 0 Å². The van der Waals surface area contributed by atoms with Crippen molar-refractivity contribution in [3.05, 3.63) is 36.1 Å². The zero-order chi connectivity index (χ0) is 13.8. The van der Waals surface area contributed by atoms with E-state index in [2.05, 4.69) is 19.2 Å². The van der Waals surface area contributed by atoms with Gasteiger partial charge in [-0.25, -0.2) is 0 Å². The Labute approximate surface area is 113 Å². The normalized spacial score (nSPS) is 12.8. The van der Waals surface area contributed by atoms with Crippen molar-refractivity contribution in [2.75, 3.05) is 6.54 Å². The van der Waals surface area contributed by atoms with E-state index in [1.807, 2.05) is 24.3 Å². The summed E-state index contributed by atoms with van der Waals surface area (Å²) in [6.45, 7) is 4.70. The van der Waals surface area contributed by atoms with Crippen molar-refractivity contribution >= 4 is 16.9 Å². The van der Waals surface area contributed by atoms with Crippen LogP contribution in [0.3, 0.4) is 0 Å². The second kappa shape index (κ2) is 5.89. The summed E-state index contributed by atoms with van der Waals surface area (Å²) in [6.07, 6.45) is 0.767. The summed E-state index contributed by atoms with van der Waals surface area (Å²) in [5.41, 5.74) is 6.30. The van der Waals surface area contributed by atoms with Gasteiger partial charge in [0.15, 0.2) is 5.76 Å². The van der Waals surface area contributed by atoms with E-state index in [9.17, 15) is 4.79 Å².